The zero-order valence-electron chi connectivity index (χ0n) is 12.9. The van der Waals surface area contributed by atoms with Gasteiger partial charge in [0.15, 0.2) is 5.13 Å². The van der Waals surface area contributed by atoms with Crippen molar-refractivity contribution in [2.45, 2.75) is 20.8 Å². The van der Waals surface area contributed by atoms with Crippen molar-refractivity contribution in [2.24, 2.45) is 0 Å². The van der Waals surface area contributed by atoms with Crippen molar-refractivity contribution in [3.8, 4) is 0 Å². The third-order valence-corrected chi connectivity index (χ3v) is 4.62. The van der Waals surface area contributed by atoms with Crippen molar-refractivity contribution < 1.29 is 4.79 Å². The lowest BCUT2D eigenvalue weighted by atomic mass is 10.1. The number of nitrogens with one attached hydrogen (secondary N) is 2. The van der Waals surface area contributed by atoms with Crippen LogP contribution in [0.4, 0.5) is 16.0 Å². The van der Waals surface area contributed by atoms with Crippen molar-refractivity contribution in [3.05, 3.63) is 45.4 Å². The molecule has 0 aliphatic heterocycles. The highest BCUT2D eigenvalue weighted by molar-refractivity contribution is 7.15. The lowest BCUT2D eigenvalue weighted by molar-refractivity contribution is 0.102. The maximum Gasteiger partial charge on any atom is 0.277 e. The van der Waals surface area contributed by atoms with Crippen LogP contribution in [0.25, 0.3) is 0 Å². The molecule has 0 atom stereocenters. The number of aromatic nitrogens is 3. The van der Waals surface area contributed by atoms with Gasteiger partial charge in [-0.2, -0.15) is 0 Å². The van der Waals surface area contributed by atoms with Crippen LogP contribution in [0.5, 0.6) is 0 Å². The second-order valence-electron chi connectivity index (χ2n) is 5.06. The molecule has 118 valence electrons. The van der Waals surface area contributed by atoms with Gasteiger partial charge in [-0.25, -0.2) is 4.98 Å². The van der Waals surface area contributed by atoms with Gasteiger partial charge in [-0.1, -0.05) is 29.0 Å². The summed E-state index contributed by atoms with van der Waals surface area (Å²) in [7, 11) is 0. The first-order chi connectivity index (χ1) is 11.0. The number of aryl methyl sites for hydroxylation is 3. The van der Waals surface area contributed by atoms with Gasteiger partial charge in [0.25, 0.3) is 5.91 Å². The molecule has 0 bridgehead atoms. The molecule has 6 nitrogen and oxygen atoms in total. The molecule has 0 aliphatic carbocycles. The summed E-state index contributed by atoms with van der Waals surface area (Å²) < 4.78 is 0. The zero-order valence-corrected chi connectivity index (χ0v) is 14.5. The summed E-state index contributed by atoms with van der Waals surface area (Å²) in [5.41, 5.74) is 3.68. The van der Waals surface area contributed by atoms with Gasteiger partial charge in [0.2, 0.25) is 5.13 Å². The molecule has 0 saturated heterocycles. The Kier molecular flexibility index (Phi) is 4.35. The molecule has 3 rings (SSSR count). The van der Waals surface area contributed by atoms with Gasteiger partial charge in [0.1, 0.15) is 10.7 Å². The Morgan fingerprint density at radius 2 is 1.96 bits per heavy atom. The van der Waals surface area contributed by atoms with Crippen LogP contribution in [-0.4, -0.2) is 21.1 Å². The predicted molar refractivity (Wildman–Crippen MR) is 93.9 cm³/mol. The first-order valence-electron chi connectivity index (χ1n) is 6.92. The lowest BCUT2D eigenvalue weighted by Gasteiger charge is -2.07. The molecule has 0 spiro atoms. The highest BCUT2D eigenvalue weighted by Gasteiger charge is 2.13. The maximum absolute atomic E-state index is 12.1. The Morgan fingerprint density at radius 3 is 2.65 bits per heavy atom. The minimum atomic E-state index is -0.286. The summed E-state index contributed by atoms with van der Waals surface area (Å²) >= 11 is 2.71. The topological polar surface area (TPSA) is 79.8 Å². The number of nitrogens with zero attached hydrogens (tertiary/aromatic N) is 3. The third kappa shape index (κ3) is 3.72. The van der Waals surface area contributed by atoms with E-state index in [2.05, 4.69) is 38.8 Å². The summed E-state index contributed by atoms with van der Waals surface area (Å²) in [5.74, 6) is -0.286. The quantitative estimate of drug-likeness (QED) is 0.749. The van der Waals surface area contributed by atoms with Crippen molar-refractivity contribution in [2.75, 3.05) is 10.6 Å². The molecular formula is C15H15N5OS2. The SMILES string of the molecule is Cc1ccc(Nc2nc(C(=O)Nc3nnc(C)s3)cs2)c(C)c1. The second-order valence-corrected chi connectivity index (χ2v) is 7.10. The van der Waals surface area contributed by atoms with Gasteiger partial charge in [-0.3, -0.25) is 10.1 Å². The third-order valence-electron chi connectivity index (χ3n) is 3.11. The Hall–Kier alpha value is -2.32. The zero-order chi connectivity index (χ0) is 16.4. The van der Waals surface area contributed by atoms with Gasteiger partial charge < -0.3 is 5.32 Å². The monoisotopic (exact) mass is 345 g/mol. The van der Waals surface area contributed by atoms with Gasteiger partial charge in [-0.05, 0) is 32.4 Å². The largest absolute Gasteiger partial charge is 0.331 e. The summed E-state index contributed by atoms with van der Waals surface area (Å²) in [6.45, 7) is 5.92. The van der Waals surface area contributed by atoms with Gasteiger partial charge in [0, 0.05) is 11.1 Å². The second kappa shape index (κ2) is 6.43. The van der Waals surface area contributed by atoms with E-state index in [4.69, 9.17) is 0 Å². The molecule has 3 aromatic rings. The molecule has 0 unspecified atom stereocenters. The molecule has 0 radical (unpaired) electrons. The van der Waals surface area contributed by atoms with Crippen LogP contribution in [0, 0.1) is 20.8 Å². The maximum atomic E-state index is 12.1. The molecule has 2 heterocycles. The van der Waals surface area contributed by atoms with Crippen LogP contribution in [0.3, 0.4) is 0 Å². The highest BCUT2D eigenvalue weighted by Crippen LogP contribution is 2.24. The molecular weight excluding hydrogens is 330 g/mol. The van der Waals surface area contributed by atoms with E-state index in [0.29, 0.717) is 16.0 Å². The van der Waals surface area contributed by atoms with Crippen molar-refractivity contribution in [1.82, 2.24) is 15.2 Å². The van der Waals surface area contributed by atoms with Crippen molar-refractivity contribution in [1.29, 1.82) is 0 Å². The summed E-state index contributed by atoms with van der Waals surface area (Å²) in [4.78, 5) is 16.5. The van der Waals surface area contributed by atoms with Crippen molar-refractivity contribution >= 4 is 44.5 Å². The van der Waals surface area contributed by atoms with Gasteiger partial charge in [-0.15, -0.1) is 21.5 Å². The van der Waals surface area contributed by atoms with Crippen molar-refractivity contribution in [3.63, 3.8) is 0 Å². The normalized spacial score (nSPS) is 10.6. The first kappa shape index (κ1) is 15.6. The molecule has 1 aromatic carbocycles. The van der Waals surface area contributed by atoms with E-state index in [1.807, 2.05) is 26.0 Å². The van der Waals surface area contributed by atoms with Crippen LogP contribution >= 0.6 is 22.7 Å². The number of hydrogen-bond donors (Lipinski definition) is 2. The minimum absolute atomic E-state index is 0.286. The predicted octanol–water partition coefficient (Wildman–Crippen LogP) is 3.92. The number of thiazole rings is 1. The molecule has 2 N–H and O–H groups in total. The number of carbonyl (C=O) groups excluding carboxylic acids is 1. The Labute approximate surface area is 141 Å². The number of carbonyl (C=O) groups is 1. The Balaban J connectivity index is 1.71. The number of rotatable bonds is 4. The number of hydrogen-bond acceptors (Lipinski definition) is 7. The minimum Gasteiger partial charge on any atom is -0.331 e. The van der Waals surface area contributed by atoms with E-state index in [9.17, 15) is 4.79 Å². The fraction of sp³-hybridized carbons (Fsp3) is 0.200. The fourth-order valence-corrected chi connectivity index (χ4v) is 3.30. The average molecular weight is 345 g/mol. The number of amides is 1. The van der Waals surface area contributed by atoms with E-state index in [0.717, 1.165) is 16.3 Å². The van der Waals surface area contributed by atoms with E-state index in [-0.39, 0.29) is 5.91 Å². The molecule has 2 aromatic heterocycles. The average Bonchev–Trinajstić information content (AvgIpc) is 3.11. The molecule has 0 aliphatic rings. The fourth-order valence-electron chi connectivity index (χ4n) is 2.01. The Morgan fingerprint density at radius 1 is 1.13 bits per heavy atom. The number of anilines is 3. The van der Waals surface area contributed by atoms with Crippen LogP contribution in [0.2, 0.25) is 0 Å². The molecule has 0 fully saturated rings. The van der Waals surface area contributed by atoms with E-state index < -0.39 is 0 Å². The van der Waals surface area contributed by atoms with E-state index in [1.165, 1.54) is 28.2 Å². The smallest absolute Gasteiger partial charge is 0.277 e. The van der Waals surface area contributed by atoms with Gasteiger partial charge in [0.05, 0.1) is 0 Å². The summed E-state index contributed by atoms with van der Waals surface area (Å²) in [6.07, 6.45) is 0. The van der Waals surface area contributed by atoms with E-state index in [1.54, 1.807) is 5.38 Å². The summed E-state index contributed by atoms with van der Waals surface area (Å²) in [5, 5.41) is 17.4. The molecule has 23 heavy (non-hydrogen) atoms. The highest BCUT2D eigenvalue weighted by atomic mass is 32.1. The van der Waals surface area contributed by atoms with Crippen LogP contribution < -0.4 is 10.6 Å². The van der Waals surface area contributed by atoms with E-state index >= 15 is 0 Å². The standard InChI is InChI=1S/C15H15N5OS2/c1-8-4-5-11(9(2)6-8)16-14-17-12(7-22-14)13(21)18-15-20-19-10(3)23-15/h4-7H,1-3H3,(H,16,17)(H,18,20,21). The summed E-state index contributed by atoms with van der Waals surface area (Å²) in [6, 6.07) is 6.14. The molecule has 1 amide bonds. The van der Waals surface area contributed by atoms with Gasteiger partial charge >= 0.3 is 0 Å². The first-order valence-corrected chi connectivity index (χ1v) is 8.62. The Bertz CT molecular complexity index is 855. The molecule has 0 saturated carbocycles. The number of benzene rings is 1. The van der Waals surface area contributed by atoms with Crippen LogP contribution in [0.15, 0.2) is 23.6 Å². The van der Waals surface area contributed by atoms with Crippen LogP contribution in [-0.2, 0) is 0 Å². The molecule has 8 heteroatoms. The van der Waals surface area contributed by atoms with Crippen LogP contribution in [0.1, 0.15) is 26.6 Å². The lowest BCUT2D eigenvalue weighted by Crippen LogP contribution is -2.12.